The molecule has 0 aliphatic heterocycles. The number of nitrogens with one attached hydrogen (secondary N) is 1. The molecule has 4 heteroatoms. The zero-order valence-electron chi connectivity index (χ0n) is 13.2. The van der Waals surface area contributed by atoms with Gasteiger partial charge < -0.3 is 16.0 Å². The van der Waals surface area contributed by atoms with E-state index in [0.717, 1.165) is 24.3 Å². The van der Waals surface area contributed by atoms with Crippen LogP contribution in [0.1, 0.15) is 33.3 Å². The molecular weight excluding hydrogens is 250 g/mol. The average molecular weight is 277 g/mol. The Balaban J connectivity index is 2.86. The third kappa shape index (κ3) is 3.97. The van der Waals surface area contributed by atoms with Crippen molar-refractivity contribution < 1.29 is 4.79 Å². The summed E-state index contributed by atoms with van der Waals surface area (Å²) in [4.78, 5) is 14.3. The van der Waals surface area contributed by atoms with E-state index in [1.165, 1.54) is 5.69 Å². The number of amides is 1. The molecular formula is C16H27N3O. The molecule has 0 unspecified atom stereocenters. The number of hydrogen-bond donors (Lipinski definition) is 2. The van der Waals surface area contributed by atoms with Crippen molar-refractivity contribution in [3.63, 3.8) is 0 Å². The molecule has 0 saturated carbocycles. The zero-order chi connectivity index (χ0) is 15.3. The van der Waals surface area contributed by atoms with Crippen molar-refractivity contribution in [3.05, 3.63) is 23.8 Å². The van der Waals surface area contributed by atoms with Crippen molar-refractivity contribution in [2.75, 3.05) is 23.3 Å². The van der Waals surface area contributed by atoms with E-state index in [0.29, 0.717) is 0 Å². The molecule has 1 amide bonds. The number of benzene rings is 1. The molecule has 0 spiro atoms. The molecule has 1 aromatic rings. The lowest BCUT2D eigenvalue weighted by Crippen LogP contribution is -2.39. The highest BCUT2D eigenvalue weighted by atomic mass is 16.2. The number of nitrogens with zero attached hydrogens (tertiary/aromatic N) is 1. The summed E-state index contributed by atoms with van der Waals surface area (Å²) < 4.78 is 0. The van der Waals surface area contributed by atoms with Crippen LogP contribution >= 0.6 is 0 Å². The first-order valence-electron chi connectivity index (χ1n) is 7.32. The van der Waals surface area contributed by atoms with Crippen molar-refractivity contribution in [3.8, 4) is 0 Å². The van der Waals surface area contributed by atoms with E-state index < -0.39 is 6.04 Å². The Morgan fingerprint density at radius 3 is 2.35 bits per heavy atom. The number of carbonyl (C=O) groups excluding carboxylic acids is 1. The van der Waals surface area contributed by atoms with Crippen molar-refractivity contribution >= 4 is 17.3 Å². The molecule has 112 valence electrons. The van der Waals surface area contributed by atoms with E-state index in [1.807, 2.05) is 32.9 Å². The molecule has 0 fully saturated rings. The van der Waals surface area contributed by atoms with Gasteiger partial charge in [-0.1, -0.05) is 13.8 Å². The van der Waals surface area contributed by atoms with Gasteiger partial charge in [0.15, 0.2) is 0 Å². The second-order valence-electron chi connectivity index (χ2n) is 5.43. The maximum Gasteiger partial charge on any atom is 0.241 e. The second-order valence-corrected chi connectivity index (χ2v) is 5.43. The SMILES string of the molecule is CCN(CC)c1ccc(NC(=O)[C@@H](N)C(C)C)c(C)c1. The number of aryl methyl sites for hydroxylation is 1. The summed E-state index contributed by atoms with van der Waals surface area (Å²) in [6, 6.07) is 5.62. The summed E-state index contributed by atoms with van der Waals surface area (Å²) in [5.41, 5.74) is 8.93. The Morgan fingerprint density at radius 1 is 1.30 bits per heavy atom. The van der Waals surface area contributed by atoms with Gasteiger partial charge in [0.05, 0.1) is 6.04 Å². The lowest BCUT2D eigenvalue weighted by Gasteiger charge is -2.23. The molecule has 1 aromatic carbocycles. The zero-order valence-corrected chi connectivity index (χ0v) is 13.2. The molecule has 1 atom stereocenters. The van der Waals surface area contributed by atoms with Crippen molar-refractivity contribution in [1.29, 1.82) is 0 Å². The topological polar surface area (TPSA) is 58.4 Å². The molecule has 4 nitrogen and oxygen atoms in total. The van der Waals surface area contributed by atoms with Crippen LogP contribution in [0.5, 0.6) is 0 Å². The quantitative estimate of drug-likeness (QED) is 0.840. The van der Waals surface area contributed by atoms with Crippen molar-refractivity contribution in [1.82, 2.24) is 0 Å². The average Bonchev–Trinajstić information content (AvgIpc) is 2.41. The molecule has 0 aliphatic carbocycles. The highest BCUT2D eigenvalue weighted by molar-refractivity contribution is 5.95. The summed E-state index contributed by atoms with van der Waals surface area (Å²) in [7, 11) is 0. The summed E-state index contributed by atoms with van der Waals surface area (Å²) in [6.45, 7) is 12.1. The van der Waals surface area contributed by atoms with E-state index in [2.05, 4.69) is 30.1 Å². The summed E-state index contributed by atoms with van der Waals surface area (Å²) in [5, 5.41) is 2.91. The predicted octanol–water partition coefficient (Wildman–Crippen LogP) is 2.76. The minimum absolute atomic E-state index is 0.126. The number of nitrogens with two attached hydrogens (primary N) is 1. The Bertz CT molecular complexity index is 453. The number of rotatable bonds is 6. The normalized spacial score (nSPS) is 12.3. The van der Waals surface area contributed by atoms with E-state index in [9.17, 15) is 4.79 Å². The van der Waals surface area contributed by atoms with Crippen LogP contribution < -0.4 is 16.0 Å². The highest BCUT2D eigenvalue weighted by Crippen LogP contribution is 2.23. The summed E-state index contributed by atoms with van der Waals surface area (Å²) in [5.74, 6) is 0.00365. The maximum atomic E-state index is 12.0. The fraction of sp³-hybridized carbons (Fsp3) is 0.562. The smallest absolute Gasteiger partial charge is 0.241 e. The molecule has 1 rings (SSSR count). The van der Waals surface area contributed by atoms with Crippen LogP contribution in [-0.2, 0) is 4.79 Å². The Hall–Kier alpha value is -1.55. The van der Waals surface area contributed by atoms with Crippen LogP contribution in [0.15, 0.2) is 18.2 Å². The van der Waals surface area contributed by atoms with Gasteiger partial charge in [-0.05, 0) is 50.5 Å². The van der Waals surface area contributed by atoms with E-state index in [-0.39, 0.29) is 11.8 Å². The standard InChI is InChI=1S/C16H27N3O/c1-6-19(7-2)13-8-9-14(12(5)10-13)18-16(20)15(17)11(3)4/h8-11,15H,6-7,17H2,1-5H3,(H,18,20)/t15-/m0/s1. The third-order valence-corrected chi connectivity index (χ3v) is 3.62. The van der Waals surface area contributed by atoms with E-state index >= 15 is 0 Å². The van der Waals surface area contributed by atoms with Crippen molar-refractivity contribution in [2.45, 2.75) is 40.7 Å². The lowest BCUT2D eigenvalue weighted by atomic mass is 10.0. The van der Waals surface area contributed by atoms with Crippen LogP contribution in [0.25, 0.3) is 0 Å². The fourth-order valence-corrected chi connectivity index (χ4v) is 2.09. The van der Waals surface area contributed by atoms with Gasteiger partial charge in [0.25, 0.3) is 0 Å². The molecule has 0 bridgehead atoms. The molecule has 20 heavy (non-hydrogen) atoms. The van der Waals surface area contributed by atoms with E-state index in [1.54, 1.807) is 0 Å². The van der Waals surface area contributed by atoms with Gasteiger partial charge >= 0.3 is 0 Å². The van der Waals surface area contributed by atoms with Crippen LogP contribution in [0.3, 0.4) is 0 Å². The van der Waals surface area contributed by atoms with Gasteiger partial charge in [0, 0.05) is 24.5 Å². The van der Waals surface area contributed by atoms with Gasteiger partial charge in [-0.25, -0.2) is 0 Å². The first-order valence-corrected chi connectivity index (χ1v) is 7.32. The third-order valence-electron chi connectivity index (χ3n) is 3.62. The van der Waals surface area contributed by atoms with Gasteiger partial charge in [-0.3, -0.25) is 4.79 Å². The minimum atomic E-state index is -0.475. The molecule has 3 N–H and O–H groups in total. The molecule has 0 radical (unpaired) electrons. The van der Waals surface area contributed by atoms with Gasteiger partial charge in [0.1, 0.15) is 0 Å². The Morgan fingerprint density at radius 2 is 1.90 bits per heavy atom. The van der Waals surface area contributed by atoms with Crippen LogP contribution in [0, 0.1) is 12.8 Å². The summed E-state index contributed by atoms with van der Waals surface area (Å²) >= 11 is 0. The van der Waals surface area contributed by atoms with Gasteiger partial charge in [0.2, 0.25) is 5.91 Å². The highest BCUT2D eigenvalue weighted by Gasteiger charge is 2.18. The Labute approximate surface area is 122 Å². The minimum Gasteiger partial charge on any atom is -0.372 e. The summed E-state index contributed by atoms with van der Waals surface area (Å²) in [6.07, 6.45) is 0. The number of carbonyl (C=O) groups is 1. The van der Waals surface area contributed by atoms with Crippen LogP contribution in [0.4, 0.5) is 11.4 Å². The number of anilines is 2. The largest absolute Gasteiger partial charge is 0.372 e. The fourth-order valence-electron chi connectivity index (χ4n) is 2.09. The number of hydrogen-bond acceptors (Lipinski definition) is 3. The first-order chi connectivity index (χ1) is 9.40. The molecule has 0 aliphatic rings. The second kappa shape index (κ2) is 7.29. The monoisotopic (exact) mass is 277 g/mol. The molecule has 0 heterocycles. The van der Waals surface area contributed by atoms with E-state index in [4.69, 9.17) is 5.73 Å². The molecule has 0 saturated heterocycles. The van der Waals surface area contributed by atoms with Gasteiger partial charge in [-0.2, -0.15) is 0 Å². The molecule has 0 aromatic heterocycles. The van der Waals surface area contributed by atoms with Crippen LogP contribution in [0.2, 0.25) is 0 Å². The lowest BCUT2D eigenvalue weighted by molar-refractivity contribution is -0.118. The predicted molar refractivity (Wildman–Crippen MR) is 86.2 cm³/mol. The van der Waals surface area contributed by atoms with Crippen LogP contribution in [-0.4, -0.2) is 25.0 Å². The van der Waals surface area contributed by atoms with Crippen molar-refractivity contribution in [2.24, 2.45) is 11.7 Å². The Kier molecular flexibility index (Phi) is 6.02. The first kappa shape index (κ1) is 16.5. The maximum absolute atomic E-state index is 12.0. The van der Waals surface area contributed by atoms with Gasteiger partial charge in [-0.15, -0.1) is 0 Å².